The first-order chi connectivity index (χ1) is 18.1. The minimum atomic E-state index is 0.0184. The summed E-state index contributed by atoms with van der Waals surface area (Å²) in [6.45, 7) is 8.88. The molecule has 1 amide bonds. The first-order valence-corrected chi connectivity index (χ1v) is 13.9. The number of rotatable bonds is 5. The van der Waals surface area contributed by atoms with Gasteiger partial charge in [-0.15, -0.1) is 0 Å². The molecule has 2 saturated heterocycles. The van der Waals surface area contributed by atoms with Gasteiger partial charge in [0, 0.05) is 61.4 Å². The summed E-state index contributed by atoms with van der Waals surface area (Å²) < 4.78 is 7.59. The Hall–Kier alpha value is -3.00. The van der Waals surface area contributed by atoms with Crippen LogP contribution in [0.15, 0.2) is 45.1 Å². The van der Waals surface area contributed by atoms with Crippen molar-refractivity contribution in [3.8, 4) is 0 Å². The minimum Gasteiger partial charge on any atom is -0.472 e. The van der Waals surface area contributed by atoms with Gasteiger partial charge in [0.1, 0.15) is 11.9 Å². The molecule has 2 aromatic rings. The molecule has 37 heavy (non-hydrogen) atoms. The molecule has 0 aliphatic carbocycles. The Balaban J connectivity index is 1.12. The highest BCUT2D eigenvalue weighted by Gasteiger charge is 2.36. The van der Waals surface area contributed by atoms with Crippen LogP contribution in [0.4, 0.5) is 5.82 Å². The molecule has 4 aliphatic rings. The summed E-state index contributed by atoms with van der Waals surface area (Å²) in [5.74, 6) is 3.21. The number of furan rings is 1. The molecule has 2 aromatic heterocycles. The lowest BCUT2D eigenvalue weighted by atomic mass is 9.93. The summed E-state index contributed by atoms with van der Waals surface area (Å²) in [4.78, 5) is 32.8. The van der Waals surface area contributed by atoms with Crippen molar-refractivity contribution in [2.75, 3.05) is 26.2 Å². The summed E-state index contributed by atoms with van der Waals surface area (Å²) in [6.07, 6.45) is 16.4. The number of piperidine rings is 2. The molecule has 3 atom stereocenters. The first kappa shape index (κ1) is 24.3. The van der Waals surface area contributed by atoms with Crippen LogP contribution in [0.3, 0.4) is 0 Å². The molecule has 0 N–H and O–H groups in total. The van der Waals surface area contributed by atoms with Crippen molar-refractivity contribution in [2.45, 2.75) is 70.5 Å². The number of likely N-dealkylation sites (tertiary alicyclic amines) is 2. The molecule has 0 bridgehead atoms. The predicted octanol–water partition coefficient (Wildman–Crippen LogP) is 5.08. The maximum atomic E-state index is 13.4. The van der Waals surface area contributed by atoms with Crippen molar-refractivity contribution in [3.63, 3.8) is 0 Å². The molecule has 6 rings (SSSR count). The zero-order valence-corrected chi connectivity index (χ0v) is 22.0. The fourth-order valence-electron chi connectivity index (χ4n) is 6.39. The Morgan fingerprint density at radius 3 is 2.65 bits per heavy atom. The van der Waals surface area contributed by atoms with Crippen LogP contribution in [-0.4, -0.2) is 63.9 Å². The average Bonchev–Trinajstić information content (AvgIpc) is 3.58. The number of carbonyl (C=O) groups is 1. The van der Waals surface area contributed by atoms with E-state index in [0.717, 1.165) is 82.2 Å². The summed E-state index contributed by atoms with van der Waals surface area (Å²) in [7, 11) is 0. The third-order valence-corrected chi connectivity index (χ3v) is 8.65. The second-order valence-electron chi connectivity index (χ2n) is 11.2. The van der Waals surface area contributed by atoms with Crippen molar-refractivity contribution in [3.05, 3.63) is 47.8 Å². The molecule has 2 fully saturated rings. The van der Waals surface area contributed by atoms with Crippen molar-refractivity contribution in [1.29, 1.82) is 0 Å². The largest absolute Gasteiger partial charge is 0.472 e. The maximum Gasteiger partial charge on any atom is 0.225 e. The maximum absolute atomic E-state index is 13.4. The first-order valence-electron chi connectivity index (χ1n) is 13.9. The fraction of sp³-hybridized carbons (Fsp3) is 0.586. The van der Waals surface area contributed by atoms with Crippen LogP contribution in [0.25, 0.3) is 0 Å². The van der Waals surface area contributed by atoms with Crippen LogP contribution in [0, 0.1) is 11.8 Å². The summed E-state index contributed by atoms with van der Waals surface area (Å²) in [6, 6.07) is 2.33. The Morgan fingerprint density at radius 1 is 1.11 bits per heavy atom. The summed E-state index contributed by atoms with van der Waals surface area (Å²) >= 11 is 0. The van der Waals surface area contributed by atoms with Gasteiger partial charge in [-0.2, -0.15) is 0 Å². The molecule has 0 aromatic carbocycles. The highest BCUT2D eigenvalue weighted by atomic mass is 16.3. The number of aliphatic imine (C=N–C) groups is 2. The van der Waals surface area contributed by atoms with Gasteiger partial charge in [0.25, 0.3) is 0 Å². The van der Waals surface area contributed by atoms with Gasteiger partial charge in [-0.05, 0) is 57.3 Å². The van der Waals surface area contributed by atoms with E-state index in [0.29, 0.717) is 23.8 Å². The Morgan fingerprint density at radius 2 is 1.92 bits per heavy atom. The van der Waals surface area contributed by atoms with Gasteiger partial charge >= 0.3 is 0 Å². The second kappa shape index (κ2) is 10.4. The van der Waals surface area contributed by atoms with Gasteiger partial charge in [0.05, 0.1) is 18.2 Å². The predicted molar refractivity (Wildman–Crippen MR) is 145 cm³/mol. The molecule has 0 saturated carbocycles. The number of hydrogen-bond donors (Lipinski definition) is 0. The van der Waals surface area contributed by atoms with Gasteiger partial charge in [-0.25, -0.2) is 9.98 Å². The van der Waals surface area contributed by atoms with Gasteiger partial charge in [-0.1, -0.05) is 19.9 Å². The van der Waals surface area contributed by atoms with E-state index in [1.54, 1.807) is 6.26 Å². The topological polar surface area (TPSA) is 79.2 Å². The van der Waals surface area contributed by atoms with E-state index in [2.05, 4.69) is 34.3 Å². The average molecular weight is 503 g/mol. The number of allylic oxidation sites excluding steroid dienone is 1. The molecule has 196 valence electrons. The van der Waals surface area contributed by atoms with E-state index in [1.807, 2.05) is 30.8 Å². The molecular formula is C29H38N6O2. The lowest BCUT2D eigenvalue weighted by Crippen LogP contribution is -2.45. The molecule has 8 heteroatoms. The van der Waals surface area contributed by atoms with Crippen LogP contribution in [0.5, 0.6) is 0 Å². The molecule has 0 radical (unpaired) electrons. The van der Waals surface area contributed by atoms with Crippen molar-refractivity contribution >= 4 is 24.2 Å². The van der Waals surface area contributed by atoms with Crippen LogP contribution in [0.2, 0.25) is 0 Å². The van der Waals surface area contributed by atoms with Crippen LogP contribution in [-0.2, 0) is 11.3 Å². The lowest BCUT2D eigenvalue weighted by Gasteiger charge is -2.38. The number of hydrogen-bond acceptors (Lipinski definition) is 6. The standard InChI is InChI=1S/C29H38N6O2/c1-20-4-3-11-30-25(20)28-32-26-21(2)5-12-31-27(26)35(28)24-8-15-34(16-9-24)29(36)23-6-13-33(14-7-23)18-22-10-17-37-19-22/h3-4,10-12,17,19-21,23-25H,5-9,13-16,18H2,1-2H3. The van der Waals surface area contributed by atoms with E-state index >= 15 is 0 Å². The Labute approximate surface area is 219 Å². The molecular weight excluding hydrogens is 464 g/mol. The van der Waals surface area contributed by atoms with Crippen LogP contribution >= 0.6 is 0 Å². The smallest absolute Gasteiger partial charge is 0.225 e. The second-order valence-corrected chi connectivity index (χ2v) is 11.2. The Bertz CT molecular complexity index is 1180. The SMILES string of the molecule is CC1CC=Nc2c1nc(C1N=CC=CC1C)n2C1CCN(C(=O)C2CCN(Cc3ccoc3)CC2)CC1. The highest BCUT2D eigenvalue weighted by Crippen LogP contribution is 2.42. The number of amides is 1. The van der Waals surface area contributed by atoms with E-state index in [9.17, 15) is 4.79 Å². The molecule has 4 aliphatic heterocycles. The Kier molecular flexibility index (Phi) is 6.84. The number of aromatic nitrogens is 2. The third-order valence-electron chi connectivity index (χ3n) is 8.65. The van der Waals surface area contributed by atoms with Gasteiger partial charge in [0.2, 0.25) is 5.91 Å². The summed E-state index contributed by atoms with van der Waals surface area (Å²) in [5.41, 5.74) is 2.31. The van der Waals surface area contributed by atoms with Crippen molar-refractivity contribution < 1.29 is 9.21 Å². The van der Waals surface area contributed by atoms with E-state index in [1.165, 1.54) is 5.56 Å². The number of dihydropyridines is 1. The zero-order chi connectivity index (χ0) is 25.4. The van der Waals surface area contributed by atoms with Crippen LogP contribution < -0.4 is 0 Å². The zero-order valence-electron chi connectivity index (χ0n) is 22.0. The van der Waals surface area contributed by atoms with E-state index < -0.39 is 0 Å². The van der Waals surface area contributed by atoms with Crippen molar-refractivity contribution in [1.82, 2.24) is 19.4 Å². The van der Waals surface area contributed by atoms with Crippen molar-refractivity contribution in [2.24, 2.45) is 21.8 Å². The molecule has 6 heterocycles. The molecule has 3 unspecified atom stereocenters. The lowest BCUT2D eigenvalue weighted by molar-refractivity contribution is -0.138. The normalized spacial score (nSPS) is 27.1. The van der Waals surface area contributed by atoms with E-state index in [4.69, 9.17) is 19.4 Å². The summed E-state index contributed by atoms with van der Waals surface area (Å²) in [5, 5.41) is 0. The van der Waals surface area contributed by atoms with Gasteiger partial charge < -0.3 is 13.9 Å². The third kappa shape index (κ3) is 4.83. The monoisotopic (exact) mass is 502 g/mol. The fourth-order valence-corrected chi connectivity index (χ4v) is 6.39. The number of nitrogens with zero attached hydrogens (tertiary/aromatic N) is 6. The minimum absolute atomic E-state index is 0.0184. The molecule has 0 spiro atoms. The van der Waals surface area contributed by atoms with Crippen LogP contribution in [0.1, 0.15) is 81.0 Å². The van der Waals surface area contributed by atoms with E-state index in [-0.39, 0.29) is 12.0 Å². The quantitative estimate of drug-likeness (QED) is 0.571. The number of fused-ring (bicyclic) bond motifs is 1. The van der Waals surface area contributed by atoms with Gasteiger partial charge in [0.15, 0.2) is 5.82 Å². The van der Waals surface area contributed by atoms with Gasteiger partial charge in [-0.3, -0.25) is 14.7 Å². The number of carbonyl (C=O) groups excluding carboxylic acids is 1. The molecule has 8 nitrogen and oxygen atoms in total. The highest BCUT2D eigenvalue weighted by molar-refractivity contribution is 5.79. The number of imidazole rings is 1.